The van der Waals surface area contributed by atoms with Gasteiger partial charge in [-0.05, 0) is 36.4 Å². The number of fused-ring (bicyclic) bond motifs is 1. The van der Waals surface area contributed by atoms with Gasteiger partial charge in [0.15, 0.2) is 11.5 Å². The number of benzene rings is 2. The molecular formula is C18H9ClN2O5. The highest BCUT2D eigenvalue weighted by Gasteiger charge is 2.39. The highest BCUT2D eigenvalue weighted by atomic mass is 35.5. The molecule has 2 heterocycles. The van der Waals surface area contributed by atoms with Gasteiger partial charge in [-0.25, -0.2) is 4.79 Å². The van der Waals surface area contributed by atoms with Crippen LogP contribution in [0.3, 0.4) is 0 Å². The third-order valence-electron chi connectivity index (χ3n) is 3.78. The summed E-state index contributed by atoms with van der Waals surface area (Å²) in [6.45, 7) is 0. The number of carbonyl (C=O) groups excluding carboxylic acids is 3. The number of hydroxylamine groups is 2. The van der Waals surface area contributed by atoms with Crippen LogP contribution in [0.15, 0.2) is 59.1 Å². The second kappa shape index (κ2) is 6.12. The minimum atomic E-state index is -0.983. The van der Waals surface area contributed by atoms with Crippen LogP contribution in [-0.2, 0) is 4.84 Å². The molecule has 1 aromatic heterocycles. The molecule has 0 atom stereocenters. The maximum atomic E-state index is 12.2. The third-order valence-corrected chi connectivity index (χ3v) is 4.03. The zero-order valence-corrected chi connectivity index (χ0v) is 13.8. The summed E-state index contributed by atoms with van der Waals surface area (Å²) in [6, 6.07) is 14.3. The van der Waals surface area contributed by atoms with Crippen LogP contribution in [0.1, 0.15) is 31.2 Å². The normalized spacial score (nSPS) is 13.0. The van der Waals surface area contributed by atoms with Crippen LogP contribution >= 0.6 is 11.6 Å². The Labute approximate surface area is 151 Å². The van der Waals surface area contributed by atoms with Crippen LogP contribution in [0.25, 0.3) is 11.3 Å². The summed E-state index contributed by atoms with van der Waals surface area (Å²) < 4.78 is 5.11. The molecule has 0 unspecified atom stereocenters. The van der Waals surface area contributed by atoms with Gasteiger partial charge in [0.25, 0.3) is 11.8 Å². The number of hydrogen-bond acceptors (Lipinski definition) is 6. The van der Waals surface area contributed by atoms with Crippen LogP contribution < -0.4 is 0 Å². The Bertz CT molecular complexity index is 1010. The summed E-state index contributed by atoms with van der Waals surface area (Å²) in [6.07, 6.45) is 0. The minimum absolute atomic E-state index is 0.173. The van der Waals surface area contributed by atoms with Crippen molar-refractivity contribution in [3.05, 3.63) is 76.4 Å². The number of imide groups is 1. The van der Waals surface area contributed by atoms with Crippen molar-refractivity contribution in [3.8, 4) is 11.3 Å². The quantitative estimate of drug-likeness (QED) is 0.658. The highest BCUT2D eigenvalue weighted by molar-refractivity contribution is 6.30. The van der Waals surface area contributed by atoms with Crippen molar-refractivity contribution in [2.24, 2.45) is 0 Å². The van der Waals surface area contributed by atoms with Crippen LogP contribution in [0, 0.1) is 0 Å². The van der Waals surface area contributed by atoms with Gasteiger partial charge in [0.1, 0.15) is 0 Å². The number of rotatable bonds is 3. The second-order valence-electron chi connectivity index (χ2n) is 5.41. The number of carbonyl (C=O) groups is 3. The van der Waals surface area contributed by atoms with Crippen molar-refractivity contribution in [2.75, 3.05) is 0 Å². The van der Waals surface area contributed by atoms with E-state index in [2.05, 4.69) is 5.16 Å². The van der Waals surface area contributed by atoms with E-state index >= 15 is 0 Å². The molecule has 2 aromatic carbocycles. The standard InChI is InChI=1S/C18H9ClN2O5/c19-11-7-5-10(6-8-11)15-9-14(20-25-15)18(24)26-21-16(22)12-3-1-2-4-13(12)17(21)23/h1-9H. The van der Waals surface area contributed by atoms with Gasteiger partial charge in [0.05, 0.1) is 11.1 Å². The Morgan fingerprint density at radius 2 is 1.62 bits per heavy atom. The van der Waals surface area contributed by atoms with E-state index in [0.29, 0.717) is 21.4 Å². The molecule has 4 rings (SSSR count). The van der Waals surface area contributed by atoms with Crippen molar-refractivity contribution in [2.45, 2.75) is 0 Å². The predicted octanol–water partition coefficient (Wildman–Crippen LogP) is 3.36. The first-order valence-corrected chi connectivity index (χ1v) is 7.85. The smallest absolute Gasteiger partial charge is 0.355 e. The molecule has 3 aromatic rings. The minimum Gasteiger partial charge on any atom is -0.355 e. The van der Waals surface area contributed by atoms with Crippen LogP contribution in [0.4, 0.5) is 0 Å². The molecule has 0 aliphatic carbocycles. The average Bonchev–Trinajstić information content (AvgIpc) is 3.23. The summed E-state index contributed by atoms with van der Waals surface area (Å²) in [5, 5.41) is 4.60. The van der Waals surface area contributed by atoms with Crippen molar-refractivity contribution in [1.29, 1.82) is 0 Å². The Morgan fingerprint density at radius 3 is 2.23 bits per heavy atom. The third kappa shape index (κ3) is 2.64. The van der Waals surface area contributed by atoms with E-state index in [9.17, 15) is 14.4 Å². The molecule has 8 heteroatoms. The monoisotopic (exact) mass is 368 g/mol. The first-order chi connectivity index (χ1) is 12.5. The topological polar surface area (TPSA) is 89.7 Å². The molecular weight excluding hydrogens is 360 g/mol. The van der Waals surface area contributed by atoms with Gasteiger partial charge in [0.2, 0.25) is 0 Å². The molecule has 7 nitrogen and oxygen atoms in total. The zero-order valence-electron chi connectivity index (χ0n) is 13.0. The van der Waals surface area contributed by atoms with E-state index in [4.69, 9.17) is 21.0 Å². The second-order valence-corrected chi connectivity index (χ2v) is 5.85. The van der Waals surface area contributed by atoms with Gasteiger partial charge < -0.3 is 9.36 Å². The largest absolute Gasteiger partial charge is 0.385 e. The van der Waals surface area contributed by atoms with E-state index in [-0.39, 0.29) is 16.8 Å². The Kier molecular flexibility index (Phi) is 3.78. The van der Waals surface area contributed by atoms with Crippen molar-refractivity contribution >= 4 is 29.4 Å². The average molecular weight is 369 g/mol. The van der Waals surface area contributed by atoms with Gasteiger partial charge in [0, 0.05) is 16.7 Å². The van der Waals surface area contributed by atoms with E-state index in [1.54, 1.807) is 36.4 Å². The molecule has 0 spiro atoms. The summed E-state index contributed by atoms with van der Waals surface area (Å²) >= 11 is 5.83. The number of halogens is 1. The van der Waals surface area contributed by atoms with Gasteiger partial charge in [-0.2, -0.15) is 0 Å². The van der Waals surface area contributed by atoms with E-state index in [1.807, 2.05) is 0 Å². The predicted molar refractivity (Wildman–Crippen MR) is 89.3 cm³/mol. The zero-order chi connectivity index (χ0) is 18.3. The number of nitrogens with zero attached hydrogens (tertiary/aromatic N) is 2. The maximum absolute atomic E-state index is 12.2. The molecule has 0 fully saturated rings. The molecule has 0 saturated heterocycles. The summed E-state index contributed by atoms with van der Waals surface area (Å²) in [7, 11) is 0. The van der Waals surface area contributed by atoms with Crippen molar-refractivity contribution in [1.82, 2.24) is 10.2 Å². The van der Waals surface area contributed by atoms with E-state index in [0.717, 1.165) is 0 Å². The van der Waals surface area contributed by atoms with Gasteiger partial charge in [-0.3, -0.25) is 9.59 Å². The van der Waals surface area contributed by atoms with Crippen molar-refractivity contribution in [3.63, 3.8) is 0 Å². The molecule has 26 heavy (non-hydrogen) atoms. The molecule has 1 aliphatic rings. The lowest BCUT2D eigenvalue weighted by atomic mass is 10.1. The van der Waals surface area contributed by atoms with Crippen LogP contribution in [-0.4, -0.2) is 28.0 Å². The van der Waals surface area contributed by atoms with Crippen LogP contribution in [0.2, 0.25) is 5.02 Å². The summed E-state index contributed by atoms with van der Waals surface area (Å²) in [5.41, 5.74) is 0.827. The molecule has 128 valence electrons. The highest BCUT2D eigenvalue weighted by Crippen LogP contribution is 2.25. The fraction of sp³-hybridized carbons (Fsp3) is 0. The maximum Gasteiger partial charge on any atom is 0.385 e. The van der Waals surface area contributed by atoms with Gasteiger partial charge >= 0.3 is 5.97 Å². The van der Waals surface area contributed by atoms with E-state index in [1.165, 1.54) is 18.2 Å². The molecule has 1 aliphatic heterocycles. The molecule has 0 bridgehead atoms. The Morgan fingerprint density at radius 1 is 1.00 bits per heavy atom. The van der Waals surface area contributed by atoms with Gasteiger partial charge in [-0.15, -0.1) is 0 Å². The fourth-order valence-electron chi connectivity index (χ4n) is 2.50. The first kappa shape index (κ1) is 16.0. The number of amides is 2. The lowest BCUT2D eigenvalue weighted by molar-refractivity contribution is -0.0590. The van der Waals surface area contributed by atoms with E-state index < -0.39 is 17.8 Å². The van der Waals surface area contributed by atoms with Gasteiger partial charge in [-0.1, -0.05) is 34.0 Å². The Hall–Kier alpha value is -3.45. The number of hydrogen-bond donors (Lipinski definition) is 0. The molecule has 0 N–H and O–H groups in total. The lowest BCUT2D eigenvalue weighted by Gasteiger charge is -2.10. The summed E-state index contributed by atoms with van der Waals surface area (Å²) in [4.78, 5) is 41.6. The molecule has 0 saturated carbocycles. The first-order valence-electron chi connectivity index (χ1n) is 7.47. The van der Waals surface area contributed by atoms with Crippen LogP contribution in [0.5, 0.6) is 0 Å². The SMILES string of the molecule is O=C(ON1C(=O)c2ccccc2C1=O)c1cc(-c2ccc(Cl)cc2)on1. The number of aromatic nitrogens is 1. The Balaban J connectivity index is 1.54. The summed E-state index contributed by atoms with van der Waals surface area (Å²) in [5.74, 6) is -2.08. The lowest BCUT2D eigenvalue weighted by Crippen LogP contribution is -2.32. The fourth-order valence-corrected chi connectivity index (χ4v) is 2.63. The molecule has 0 radical (unpaired) electrons. The van der Waals surface area contributed by atoms with Crippen molar-refractivity contribution < 1.29 is 23.7 Å². The molecule has 2 amide bonds.